The number of unbranched alkanes of at least 4 members (excludes halogenated alkanes) is 2. The summed E-state index contributed by atoms with van der Waals surface area (Å²) in [6.07, 6.45) is 5.55. The quantitative estimate of drug-likeness (QED) is 0.691. The fourth-order valence-electron chi connectivity index (χ4n) is 1.54. The Morgan fingerprint density at radius 1 is 1.17 bits per heavy atom. The van der Waals surface area contributed by atoms with Gasteiger partial charge in [-0.3, -0.25) is 4.79 Å². The molecule has 1 N–H and O–H groups in total. The van der Waals surface area contributed by atoms with Crippen molar-refractivity contribution in [1.29, 1.82) is 0 Å². The van der Waals surface area contributed by atoms with Gasteiger partial charge in [-0.25, -0.2) is 0 Å². The first-order valence-corrected chi connectivity index (χ1v) is 8.84. The molecule has 0 unspecified atom stereocenters. The van der Waals surface area contributed by atoms with Crippen LogP contribution in [0.15, 0.2) is 27.1 Å². The molecular weight excluding hydrogens is 378 g/mol. The smallest absolute Gasteiger partial charge is 0.251 e. The highest BCUT2D eigenvalue weighted by Gasteiger charge is 2.06. The highest BCUT2D eigenvalue weighted by Crippen LogP contribution is 2.20. The van der Waals surface area contributed by atoms with E-state index in [2.05, 4.69) is 43.4 Å². The minimum Gasteiger partial charge on any atom is -0.352 e. The van der Waals surface area contributed by atoms with Gasteiger partial charge in [-0.05, 0) is 43.0 Å². The van der Waals surface area contributed by atoms with Crippen molar-refractivity contribution in [3.63, 3.8) is 0 Å². The third-order valence-electron chi connectivity index (χ3n) is 2.44. The van der Waals surface area contributed by atoms with E-state index in [4.69, 9.17) is 0 Å². The van der Waals surface area contributed by atoms with Crippen molar-refractivity contribution >= 4 is 49.5 Å². The Bertz CT molecular complexity index is 378. The summed E-state index contributed by atoms with van der Waals surface area (Å²) in [4.78, 5) is 11.9. The summed E-state index contributed by atoms with van der Waals surface area (Å²) in [5, 5.41) is 2.94. The summed E-state index contributed by atoms with van der Waals surface area (Å²) < 4.78 is 1.81. The Labute approximate surface area is 130 Å². The van der Waals surface area contributed by atoms with Gasteiger partial charge in [0.25, 0.3) is 5.91 Å². The Morgan fingerprint density at radius 3 is 2.44 bits per heavy atom. The van der Waals surface area contributed by atoms with Crippen molar-refractivity contribution < 1.29 is 4.79 Å². The molecule has 0 fully saturated rings. The van der Waals surface area contributed by atoms with Crippen LogP contribution < -0.4 is 5.32 Å². The van der Waals surface area contributed by atoms with Crippen LogP contribution in [0, 0.1) is 0 Å². The summed E-state index contributed by atoms with van der Waals surface area (Å²) in [6.45, 7) is 0.747. The minimum atomic E-state index is -0.0122. The van der Waals surface area contributed by atoms with E-state index < -0.39 is 0 Å². The molecule has 0 aliphatic carbocycles. The standard InChI is InChI=1S/C13H17Br2NOS/c1-18-6-4-2-3-5-16-13(17)10-7-11(14)9-12(15)8-10/h7-9H,2-6H2,1H3,(H,16,17). The fraction of sp³-hybridized carbons (Fsp3) is 0.462. The molecule has 0 heterocycles. The second kappa shape index (κ2) is 8.99. The maximum Gasteiger partial charge on any atom is 0.251 e. The third-order valence-corrected chi connectivity index (χ3v) is 4.05. The van der Waals surface area contributed by atoms with Gasteiger partial charge in [-0.2, -0.15) is 11.8 Å². The van der Waals surface area contributed by atoms with Crippen LogP contribution >= 0.6 is 43.6 Å². The lowest BCUT2D eigenvalue weighted by atomic mass is 10.2. The minimum absolute atomic E-state index is 0.0122. The maximum atomic E-state index is 11.9. The largest absolute Gasteiger partial charge is 0.352 e. The SMILES string of the molecule is CSCCCCCNC(=O)c1cc(Br)cc(Br)c1. The lowest BCUT2D eigenvalue weighted by Crippen LogP contribution is -2.24. The molecule has 1 aromatic carbocycles. The normalized spacial score (nSPS) is 10.4. The van der Waals surface area contributed by atoms with E-state index in [1.54, 1.807) is 0 Å². The van der Waals surface area contributed by atoms with Crippen molar-refractivity contribution in [1.82, 2.24) is 5.32 Å². The van der Waals surface area contributed by atoms with Gasteiger partial charge in [0, 0.05) is 21.1 Å². The lowest BCUT2D eigenvalue weighted by molar-refractivity contribution is 0.0953. The monoisotopic (exact) mass is 393 g/mol. The number of hydrogen-bond donors (Lipinski definition) is 1. The topological polar surface area (TPSA) is 29.1 Å². The Hall–Kier alpha value is -0.000000000000000111. The maximum absolute atomic E-state index is 11.9. The van der Waals surface area contributed by atoms with Crippen LogP contribution in [0.2, 0.25) is 0 Å². The highest BCUT2D eigenvalue weighted by molar-refractivity contribution is 9.11. The summed E-state index contributed by atoms with van der Waals surface area (Å²) in [5.74, 6) is 1.19. The number of nitrogens with one attached hydrogen (secondary N) is 1. The second-order valence-electron chi connectivity index (χ2n) is 3.97. The average molecular weight is 395 g/mol. The molecule has 0 aromatic heterocycles. The van der Waals surface area contributed by atoms with Gasteiger partial charge in [0.2, 0.25) is 0 Å². The predicted octanol–water partition coefficient (Wildman–Crippen LogP) is 4.47. The molecule has 0 saturated heterocycles. The third kappa shape index (κ3) is 6.25. The Balaban J connectivity index is 2.32. The molecule has 1 aromatic rings. The van der Waals surface area contributed by atoms with Gasteiger partial charge in [-0.1, -0.05) is 38.3 Å². The van der Waals surface area contributed by atoms with E-state index in [9.17, 15) is 4.79 Å². The van der Waals surface area contributed by atoms with Crippen molar-refractivity contribution in [2.75, 3.05) is 18.6 Å². The lowest BCUT2D eigenvalue weighted by Gasteiger charge is -2.06. The van der Waals surface area contributed by atoms with Crippen LogP contribution in [0.5, 0.6) is 0 Å². The molecule has 2 nitrogen and oxygen atoms in total. The molecule has 0 spiro atoms. The van der Waals surface area contributed by atoms with E-state index in [0.717, 1.165) is 21.9 Å². The number of rotatable bonds is 7. The molecule has 100 valence electrons. The average Bonchev–Trinajstić information content (AvgIpc) is 2.32. The number of hydrogen-bond acceptors (Lipinski definition) is 2. The van der Waals surface area contributed by atoms with Gasteiger partial charge in [0.05, 0.1) is 0 Å². The first-order chi connectivity index (χ1) is 8.63. The summed E-state index contributed by atoms with van der Waals surface area (Å²) in [7, 11) is 0. The van der Waals surface area contributed by atoms with Crippen LogP contribution in [0.4, 0.5) is 0 Å². The van der Waals surface area contributed by atoms with Crippen molar-refractivity contribution in [3.8, 4) is 0 Å². The van der Waals surface area contributed by atoms with Gasteiger partial charge < -0.3 is 5.32 Å². The molecular formula is C13H17Br2NOS. The zero-order chi connectivity index (χ0) is 13.4. The van der Waals surface area contributed by atoms with E-state index in [0.29, 0.717) is 5.56 Å². The van der Waals surface area contributed by atoms with Gasteiger partial charge >= 0.3 is 0 Å². The molecule has 0 atom stereocenters. The molecule has 0 aliphatic rings. The molecule has 0 bridgehead atoms. The summed E-state index contributed by atoms with van der Waals surface area (Å²) in [6, 6.07) is 5.57. The van der Waals surface area contributed by atoms with Crippen molar-refractivity contribution in [2.45, 2.75) is 19.3 Å². The first-order valence-electron chi connectivity index (χ1n) is 5.86. The van der Waals surface area contributed by atoms with Crippen LogP contribution in [-0.4, -0.2) is 24.5 Å². The number of benzene rings is 1. The van der Waals surface area contributed by atoms with E-state index in [1.165, 1.54) is 18.6 Å². The summed E-state index contributed by atoms with van der Waals surface area (Å²) >= 11 is 8.63. The van der Waals surface area contributed by atoms with Crippen molar-refractivity contribution in [2.24, 2.45) is 0 Å². The number of halogens is 2. The van der Waals surface area contributed by atoms with E-state index in [-0.39, 0.29) is 5.91 Å². The molecule has 0 saturated carbocycles. The molecule has 0 radical (unpaired) electrons. The second-order valence-corrected chi connectivity index (χ2v) is 6.78. The summed E-state index contributed by atoms with van der Waals surface area (Å²) in [5.41, 5.74) is 0.681. The predicted molar refractivity (Wildman–Crippen MR) is 86.4 cm³/mol. The van der Waals surface area contributed by atoms with Crippen LogP contribution in [-0.2, 0) is 0 Å². The zero-order valence-electron chi connectivity index (χ0n) is 10.3. The molecule has 18 heavy (non-hydrogen) atoms. The number of amides is 1. The van der Waals surface area contributed by atoms with Gasteiger partial charge in [-0.15, -0.1) is 0 Å². The zero-order valence-corrected chi connectivity index (χ0v) is 14.3. The highest BCUT2D eigenvalue weighted by atomic mass is 79.9. The Morgan fingerprint density at radius 2 is 1.83 bits per heavy atom. The number of carbonyl (C=O) groups is 1. The molecule has 0 aliphatic heterocycles. The van der Waals surface area contributed by atoms with Gasteiger partial charge in [0.15, 0.2) is 0 Å². The number of carbonyl (C=O) groups excluding carboxylic acids is 1. The number of thioether (sulfide) groups is 1. The van der Waals surface area contributed by atoms with Crippen LogP contribution in [0.3, 0.4) is 0 Å². The van der Waals surface area contributed by atoms with E-state index in [1.807, 2.05) is 30.0 Å². The first kappa shape index (κ1) is 16.1. The Kier molecular flexibility index (Phi) is 8.02. The van der Waals surface area contributed by atoms with Crippen LogP contribution in [0.25, 0.3) is 0 Å². The molecule has 1 rings (SSSR count). The fourth-order valence-corrected chi connectivity index (χ4v) is 3.32. The van der Waals surface area contributed by atoms with Crippen LogP contribution in [0.1, 0.15) is 29.6 Å². The molecule has 5 heteroatoms. The molecule has 1 amide bonds. The van der Waals surface area contributed by atoms with E-state index >= 15 is 0 Å². The van der Waals surface area contributed by atoms with Gasteiger partial charge in [0.1, 0.15) is 0 Å². The van der Waals surface area contributed by atoms with Crippen molar-refractivity contribution in [3.05, 3.63) is 32.7 Å².